The van der Waals surface area contributed by atoms with Crippen LogP contribution in [0.2, 0.25) is 0 Å². The summed E-state index contributed by atoms with van der Waals surface area (Å²) < 4.78 is 0. The second kappa shape index (κ2) is 5.45. The number of benzene rings is 2. The third-order valence-electron chi connectivity index (χ3n) is 2.93. The largest absolute Gasteiger partial charge is 0.508 e. The van der Waals surface area contributed by atoms with Gasteiger partial charge in [-0.1, -0.05) is 18.2 Å². The fourth-order valence-corrected chi connectivity index (χ4v) is 1.92. The Hall–Kier alpha value is -2.16. The van der Waals surface area contributed by atoms with Crippen LogP contribution < -0.4 is 10.6 Å². The van der Waals surface area contributed by atoms with E-state index in [0.717, 1.165) is 24.5 Å². The molecular formula is C15H18N2O. The topological polar surface area (TPSA) is 49.5 Å². The van der Waals surface area contributed by atoms with E-state index >= 15 is 0 Å². The van der Waals surface area contributed by atoms with Gasteiger partial charge in [0, 0.05) is 30.5 Å². The van der Waals surface area contributed by atoms with E-state index in [4.69, 9.17) is 5.73 Å². The van der Waals surface area contributed by atoms with Crippen LogP contribution in [0.4, 0.5) is 11.4 Å². The lowest BCUT2D eigenvalue weighted by Crippen LogP contribution is -2.21. The third kappa shape index (κ3) is 2.94. The molecule has 0 radical (unpaired) electrons. The average Bonchev–Trinajstić information content (AvgIpc) is 2.38. The van der Waals surface area contributed by atoms with Gasteiger partial charge in [0.25, 0.3) is 0 Å². The van der Waals surface area contributed by atoms with Gasteiger partial charge in [0.15, 0.2) is 0 Å². The van der Waals surface area contributed by atoms with Crippen LogP contribution in [0, 0.1) is 0 Å². The highest BCUT2D eigenvalue weighted by Gasteiger charge is 2.05. The fourth-order valence-electron chi connectivity index (χ4n) is 1.92. The molecule has 0 unspecified atom stereocenters. The number of anilines is 2. The molecule has 94 valence electrons. The molecule has 2 rings (SSSR count). The van der Waals surface area contributed by atoms with E-state index in [1.807, 2.05) is 36.4 Å². The second-order valence-electron chi connectivity index (χ2n) is 4.28. The maximum atomic E-state index is 9.52. The van der Waals surface area contributed by atoms with E-state index in [1.54, 1.807) is 12.1 Å². The average molecular weight is 242 g/mol. The predicted octanol–water partition coefficient (Wildman–Crippen LogP) is 3.00. The number of aromatic hydroxyl groups is 1. The molecule has 18 heavy (non-hydrogen) atoms. The van der Waals surface area contributed by atoms with Gasteiger partial charge in [0.2, 0.25) is 0 Å². The normalized spacial score (nSPS) is 10.3. The molecule has 0 aromatic heterocycles. The Morgan fingerprint density at radius 2 is 1.83 bits per heavy atom. The minimum Gasteiger partial charge on any atom is -0.508 e. The van der Waals surface area contributed by atoms with Crippen molar-refractivity contribution in [2.24, 2.45) is 0 Å². The zero-order chi connectivity index (χ0) is 13.0. The van der Waals surface area contributed by atoms with Crippen molar-refractivity contribution in [1.82, 2.24) is 0 Å². The zero-order valence-electron chi connectivity index (χ0n) is 10.5. The molecule has 2 aromatic rings. The number of nitrogens with two attached hydrogens (primary N) is 1. The summed E-state index contributed by atoms with van der Waals surface area (Å²) in [6.07, 6.45) is 0. The first-order valence-electron chi connectivity index (χ1n) is 6.07. The fraction of sp³-hybridized carbons (Fsp3) is 0.200. The van der Waals surface area contributed by atoms with Crippen molar-refractivity contribution in [3.05, 3.63) is 54.1 Å². The number of hydrogen-bond acceptors (Lipinski definition) is 3. The Bertz CT molecular complexity index is 508. The molecule has 0 spiro atoms. The molecule has 0 saturated heterocycles. The van der Waals surface area contributed by atoms with E-state index in [9.17, 15) is 5.11 Å². The maximum Gasteiger partial charge on any atom is 0.117 e. The number of rotatable bonds is 4. The summed E-state index contributed by atoms with van der Waals surface area (Å²) >= 11 is 0. The van der Waals surface area contributed by atoms with Crippen LogP contribution in [0.15, 0.2) is 48.5 Å². The number of nitrogens with zero attached hydrogens (tertiary/aromatic N) is 1. The smallest absolute Gasteiger partial charge is 0.117 e. The first kappa shape index (κ1) is 12.3. The van der Waals surface area contributed by atoms with Crippen molar-refractivity contribution in [1.29, 1.82) is 0 Å². The summed E-state index contributed by atoms with van der Waals surface area (Å²) in [4.78, 5) is 2.20. The van der Waals surface area contributed by atoms with Gasteiger partial charge >= 0.3 is 0 Å². The lowest BCUT2D eigenvalue weighted by molar-refractivity contribution is 0.475. The predicted molar refractivity (Wildman–Crippen MR) is 75.7 cm³/mol. The first-order chi connectivity index (χ1) is 8.69. The van der Waals surface area contributed by atoms with Gasteiger partial charge in [0.05, 0.1) is 0 Å². The van der Waals surface area contributed by atoms with Crippen molar-refractivity contribution >= 4 is 11.4 Å². The summed E-state index contributed by atoms with van der Waals surface area (Å²) in [5, 5.41) is 9.52. The molecule has 0 aliphatic heterocycles. The standard InChI is InChI=1S/C15H18N2O/c1-2-17(14-4-3-5-15(18)10-14)11-12-6-8-13(16)9-7-12/h3-10,18H,2,11,16H2,1H3. The molecule has 0 saturated carbocycles. The monoisotopic (exact) mass is 242 g/mol. The molecule has 0 atom stereocenters. The lowest BCUT2D eigenvalue weighted by Gasteiger charge is -2.23. The van der Waals surface area contributed by atoms with Crippen LogP contribution in [0.1, 0.15) is 12.5 Å². The molecule has 0 fully saturated rings. The molecular weight excluding hydrogens is 224 g/mol. The summed E-state index contributed by atoms with van der Waals surface area (Å²) in [7, 11) is 0. The number of hydrogen-bond donors (Lipinski definition) is 2. The molecule has 0 aliphatic rings. The molecule has 2 aromatic carbocycles. The lowest BCUT2D eigenvalue weighted by atomic mass is 10.2. The quantitative estimate of drug-likeness (QED) is 0.810. The summed E-state index contributed by atoms with van der Waals surface area (Å²) in [6, 6.07) is 15.2. The van der Waals surface area contributed by atoms with Crippen LogP contribution in [0.5, 0.6) is 5.75 Å². The second-order valence-corrected chi connectivity index (χ2v) is 4.28. The molecule has 3 nitrogen and oxygen atoms in total. The SMILES string of the molecule is CCN(Cc1ccc(N)cc1)c1cccc(O)c1. The molecule has 3 N–H and O–H groups in total. The van der Waals surface area contributed by atoms with Crippen molar-refractivity contribution in [3.63, 3.8) is 0 Å². The van der Waals surface area contributed by atoms with Crippen LogP contribution in [0.3, 0.4) is 0 Å². The molecule has 0 heterocycles. The highest BCUT2D eigenvalue weighted by atomic mass is 16.3. The third-order valence-corrected chi connectivity index (χ3v) is 2.93. The van der Waals surface area contributed by atoms with Gasteiger partial charge in [-0.05, 0) is 36.8 Å². The Balaban J connectivity index is 2.17. The zero-order valence-corrected chi connectivity index (χ0v) is 10.5. The van der Waals surface area contributed by atoms with E-state index in [-0.39, 0.29) is 0 Å². The van der Waals surface area contributed by atoms with Crippen LogP contribution >= 0.6 is 0 Å². The molecule has 0 aliphatic carbocycles. The number of phenolic OH excluding ortho intramolecular Hbond substituents is 1. The van der Waals surface area contributed by atoms with Gasteiger partial charge in [-0.25, -0.2) is 0 Å². The number of nitrogen functional groups attached to an aromatic ring is 1. The Labute approximate surface area is 107 Å². The highest BCUT2D eigenvalue weighted by Crippen LogP contribution is 2.21. The van der Waals surface area contributed by atoms with Crippen LogP contribution in [-0.2, 0) is 6.54 Å². The van der Waals surface area contributed by atoms with Crippen molar-refractivity contribution < 1.29 is 5.11 Å². The van der Waals surface area contributed by atoms with Gasteiger partial charge in [0.1, 0.15) is 5.75 Å². The first-order valence-corrected chi connectivity index (χ1v) is 6.07. The Morgan fingerprint density at radius 3 is 2.44 bits per heavy atom. The summed E-state index contributed by atoms with van der Waals surface area (Å²) in [6.45, 7) is 3.79. The van der Waals surface area contributed by atoms with E-state index in [1.165, 1.54) is 5.56 Å². The maximum absolute atomic E-state index is 9.52. The van der Waals surface area contributed by atoms with Gasteiger partial charge in [-0.3, -0.25) is 0 Å². The Kier molecular flexibility index (Phi) is 3.72. The number of phenols is 1. The Morgan fingerprint density at radius 1 is 1.11 bits per heavy atom. The summed E-state index contributed by atoms with van der Waals surface area (Å²) in [5.74, 6) is 0.295. The van der Waals surface area contributed by atoms with E-state index in [2.05, 4.69) is 11.8 Å². The highest BCUT2D eigenvalue weighted by molar-refractivity contribution is 5.51. The van der Waals surface area contributed by atoms with Crippen LogP contribution in [0.25, 0.3) is 0 Å². The minimum absolute atomic E-state index is 0.295. The van der Waals surface area contributed by atoms with Crippen molar-refractivity contribution in [2.75, 3.05) is 17.2 Å². The van der Waals surface area contributed by atoms with Crippen LogP contribution in [-0.4, -0.2) is 11.7 Å². The molecule has 3 heteroatoms. The van der Waals surface area contributed by atoms with E-state index < -0.39 is 0 Å². The minimum atomic E-state index is 0.295. The van der Waals surface area contributed by atoms with Gasteiger partial charge < -0.3 is 15.7 Å². The van der Waals surface area contributed by atoms with Crippen molar-refractivity contribution in [2.45, 2.75) is 13.5 Å². The summed E-state index contributed by atoms with van der Waals surface area (Å²) in [5.41, 5.74) is 8.68. The molecule has 0 amide bonds. The van der Waals surface area contributed by atoms with Gasteiger partial charge in [-0.2, -0.15) is 0 Å². The van der Waals surface area contributed by atoms with E-state index in [0.29, 0.717) is 5.75 Å². The van der Waals surface area contributed by atoms with Crippen molar-refractivity contribution in [3.8, 4) is 5.75 Å². The van der Waals surface area contributed by atoms with Gasteiger partial charge in [-0.15, -0.1) is 0 Å². The molecule has 0 bridgehead atoms.